The van der Waals surface area contributed by atoms with Crippen molar-refractivity contribution >= 4 is 17.5 Å². The van der Waals surface area contributed by atoms with Crippen molar-refractivity contribution in [1.82, 2.24) is 0 Å². The Labute approximate surface area is 126 Å². The summed E-state index contributed by atoms with van der Waals surface area (Å²) in [5, 5.41) is 17.9. The summed E-state index contributed by atoms with van der Waals surface area (Å²) in [5.74, 6) is -1.85. The molecule has 22 heavy (non-hydrogen) atoms. The third-order valence-corrected chi connectivity index (χ3v) is 3.24. The molecule has 2 rings (SSSR count). The van der Waals surface area contributed by atoms with Crippen molar-refractivity contribution in [2.45, 2.75) is 6.42 Å². The number of aromatic carboxylic acids is 1. The lowest BCUT2D eigenvalue weighted by atomic mass is 9.97. The van der Waals surface area contributed by atoms with Crippen LogP contribution in [0.2, 0.25) is 0 Å². The fourth-order valence-corrected chi connectivity index (χ4v) is 2.09. The Kier molecular flexibility index (Phi) is 4.80. The van der Waals surface area contributed by atoms with E-state index in [2.05, 4.69) is 0 Å². The minimum Gasteiger partial charge on any atom is -0.478 e. The summed E-state index contributed by atoms with van der Waals surface area (Å²) in [6.45, 7) is -0.565. The zero-order chi connectivity index (χ0) is 16.1. The molecule has 2 aromatic carbocycles. The van der Waals surface area contributed by atoms with Crippen LogP contribution in [0, 0.1) is 0 Å². The number of carboxylic acids is 1. The monoisotopic (exact) mass is 298 g/mol. The Morgan fingerprint density at radius 2 is 1.41 bits per heavy atom. The van der Waals surface area contributed by atoms with Gasteiger partial charge in [-0.2, -0.15) is 0 Å². The average molecular weight is 298 g/mol. The minimum absolute atomic E-state index is 0.0282. The number of ketones is 2. The van der Waals surface area contributed by atoms with E-state index >= 15 is 0 Å². The number of aliphatic hydroxyl groups is 1. The van der Waals surface area contributed by atoms with Gasteiger partial charge >= 0.3 is 5.97 Å². The quantitative estimate of drug-likeness (QED) is 0.796. The van der Waals surface area contributed by atoms with Crippen LogP contribution in [0.5, 0.6) is 0 Å². The van der Waals surface area contributed by atoms with Gasteiger partial charge in [0.25, 0.3) is 0 Å². The first-order valence-electron chi connectivity index (χ1n) is 6.61. The number of carbonyl (C=O) groups is 3. The number of carbonyl (C=O) groups excluding carboxylic acids is 2. The molecule has 0 spiro atoms. The second-order valence-corrected chi connectivity index (χ2v) is 4.73. The van der Waals surface area contributed by atoms with Gasteiger partial charge in [0.1, 0.15) is 6.61 Å². The first kappa shape index (κ1) is 15.6. The molecule has 5 heteroatoms. The fraction of sp³-hybridized carbons (Fsp3) is 0.118. The Morgan fingerprint density at radius 3 is 1.95 bits per heavy atom. The normalized spacial score (nSPS) is 10.2. The highest BCUT2D eigenvalue weighted by Crippen LogP contribution is 2.14. The predicted octanol–water partition coefficient (Wildman–Crippen LogP) is 1.99. The van der Waals surface area contributed by atoms with E-state index in [1.54, 1.807) is 24.3 Å². The molecule has 2 aromatic rings. The van der Waals surface area contributed by atoms with Crippen LogP contribution in [0.25, 0.3) is 0 Å². The van der Waals surface area contributed by atoms with Crippen LogP contribution < -0.4 is 0 Å². The lowest BCUT2D eigenvalue weighted by Gasteiger charge is -2.06. The molecular weight excluding hydrogens is 284 g/mol. The standard InChI is InChI=1S/C17H14O5/c18-10-16(20)12-7-5-11(6-8-12)9-15(19)13-3-1-2-4-14(13)17(21)22/h1-8,18H,9-10H2,(H,21,22). The molecule has 0 aliphatic rings. The predicted molar refractivity (Wildman–Crippen MR) is 79.3 cm³/mol. The van der Waals surface area contributed by atoms with Gasteiger partial charge < -0.3 is 10.2 Å². The van der Waals surface area contributed by atoms with Gasteiger partial charge in [-0.05, 0) is 11.6 Å². The van der Waals surface area contributed by atoms with E-state index in [1.165, 1.54) is 24.3 Å². The molecule has 0 aromatic heterocycles. The molecule has 0 heterocycles. The van der Waals surface area contributed by atoms with Gasteiger partial charge in [0, 0.05) is 17.5 Å². The molecule has 0 aliphatic heterocycles. The van der Waals surface area contributed by atoms with Crippen molar-refractivity contribution < 1.29 is 24.6 Å². The van der Waals surface area contributed by atoms with Crippen LogP contribution in [0.3, 0.4) is 0 Å². The molecule has 0 radical (unpaired) electrons. The maximum Gasteiger partial charge on any atom is 0.336 e. The second-order valence-electron chi connectivity index (χ2n) is 4.73. The molecule has 0 saturated heterocycles. The lowest BCUT2D eigenvalue weighted by Crippen LogP contribution is -2.11. The van der Waals surface area contributed by atoms with E-state index in [1.807, 2.05) is 0 Å². The Morgan fingerprint density at radius 1 is 0.818 bits per heavy atom. The van der Waals surface area contributed by atoms with Gasteiger partial charge in [0.2, 0.25) is 0 Å². The largest absolute Gasteiger partial charge is 0.478 e. The SMILES string of the molecule is O=C(CO)c1ccc(CC(=O)c2ccccc2C(=O)O)cc1. The second kappa shape index (κ2) is 6.78. The van der Waals surface area contributed by atoms with E-state index in [9.17, 15) is 14.4 Å². The average Bonchev–Trinajstić information content (AvgIpc) is 2.54. The zero-order valence-electron chi connectivity index (χ0n) is 11.7. The molecule has 112 valence electrons. The summed E-state index contributed by atoms with van der Waals surface area (Å²) in [7, 11) is 0. The van der Waals surface area contributed by atoms with Crippen molar-refractivity contribution in [3.05, 3.63) is 70.8 Å². The molecule has 5 nitrogen and oxygen atoms in total. The van der Waals surface area contributed by atoms with Gasteiger partial charge in [0.15, 0.2) is 11.6 Å². The fourth-order valence-electron chi connectivity index (χ4n) is 2.09. The molecule has 0 bridgehead atoms. The zero-order valence-corrected chi connectivity index (χ0v) is 11.7. The van der Waals surface area contributed by atoms with E-state index in [0.29, 0.717) is 11.1 Å². The van der Waals surface area contributed by atoms with Crippen LogP contribution in [-0.2, 0) is 6.42 Å². The molecule has 0 atom stereocenters. The van der Waals surface area contributed by atoms with Crippen LogP contribution in [0.15, 0.2) is 48.5 Å². The number of rotatable bonds is 6. The summed E-state index contributed by atoms with van der Waals surface area (Å²) in [5.41, 5.74) is 1.16. The molecule has 0 saturated carbocycles. The van der Waals surface area contributed by atoms with Crippen molar-refractivity contribution in [2.75, 3.05) is 6.61 Å². The summed E-state index contributed by atoms with van der Waals surface area (Å²) in [6, 6.07) is 12.3. The van der Waals surface area contributed by atoms with Crippen molar-refractivity contribution in [1.29, 1.82) is 0 Å². The van der Waals surface area contributed by atoms with Gasteiger partial charge in [0.05, 0.1) is 5.56 Å². The van der Waals surface area contributed by atoms with E-state index in [0.717, 1.165) is 0 Å². The van der Waals surface area contributed by atoms with Crippen molar-refractivity contribution in [3.8, 4) is 0 Å². The number of aliphatic hydroxyl groups excluding tert-OH is 1. The summed E-state index contributed by atoms with van der Waals surface area (Å²) in [4.78, 5) is 34.7. The van der Waals surface area contributed by atoms with Gasteiger partial charge in [-0.3, -0.25) is 9.59 Å². The maximum atomic E-state index is 12.2. The van der Waals surface area contributed by atoms with Gasteiger partial charge in [-0.25, -0.2) is 4.79 Å². The smallest absolute Gasteiger partial charge is 0.336 e. The Balaban J connectivity index is 2.19. The first-order valence-corrected chi connectivity index (χ1v) is 6.61. The number of hydrogen-bond acceptors (Lipinski definition) is 4. The molecule has 0 fully saturated rings. The summed E-state index contributed by atoms with van der Waals surface area (Å²) >= 11 is 0. The summed E-state index contributed by atoms with van der Waals surface area (Å²) in [6.07, 6.45) is 0.0396. The third-order valence-electron chi connectivity index (χ3n) is 3.24. The Hall–Kier alpha value is -2.79. The molecule has 0 unspecified atom stereocenters. The van der Waals surface area contributed by atoms with E-state index < -0.39 is 18.4 Å². The number of Topliss-reactive ketones (excluding diaryl/α,β-unsaturated/α-hetero) is 2. The first-order chi connectivity index (χ1) is 10.5. The molecular formula is C17H14O5. The molecule has 0 amide bonds. The lowest BCUT2D eigenvalue weighted by molar-refractivity contribution is 0.0691. The van der Waals surface area contributed by atoms with Crippen molar-refractivity contribution in [3.63, 3.8) is 0 Å². The van der Waals surface area contributed by atoms with E-state index in [4.69, 9.17) is 10.2 Å². The van der Waals surface area contributed by atoms with Crippen LogP contribution in [-0.4, -0.2) is 34.4 Å². The van der Waals surface area contributed by atoms with Gasteiger partial charge in [-0.15, -0.1) is 0 Å². The highest BCUT2D eigenvalue weighted by molar-refractivity contribution is 6.06. The third kappa shape index (κ3) is 3.45. The number of benzene rings is 2. The highest BCUT2D eigenvalue weighted by atomic mass is 16.4. The number of carboxylic acid groups (broad SMARTS) is 1. The maximum absolute atomic E-state index is 12.2. The molecule has 2 N–H and O–H groups in total. The molecule has 0 aliphatic carbocycles. The summed E-state index contributed by atoms with van der Waals surface area (Å²) < 4.78 is 0. The van der Waals surface area contributed by atoms with Crippen LogP contribution in [0.4, 0.5) is 0 Å². The topological polar surface area (TPSA) is 91.7 Å². The number of hydrogen-bond donors (Lipinski definition) is 2. The Bertz CT molecular complexity index is 716. The van der Waals surface area contributed by atoms with Gasteiger partial charge in [-0.1, -0.05) is 42.5 Å². The van der Waals surface area contributed by atoms with Crippen LogP contribution >= 0.6 is 0 Å². The van der Waals surface area contributed by atoms with E-state index in [-0.39, 0.29) is 23.3 Å². The van der Waals surface area contributed by atoms with Crippen LogP contribution in [0.1, 0.15) is 36.6 Å². The highest BCUT2D eigenvalue weighted by Gasteiger charge is 2.16. The minimum atomic E-state index is -1.15. The van der Waals surface area contributed by atoms with Crippen molar-refractivity contribution in [2.24, 2.45) is 0 Å².